The lowest BCUT2D eigenvalue weighted by Gasteiger charge is -2.22. The number of anilines is 7. The van der Waals surface area contributed by atoms with Crippen molar-refractivity contribution in [3.8, 4) is 39.9 Å². The molecular weight excluding hydrogens is 1450 g/mol. The van der Waals surface area contributed by atoms with Crippen LogP contribution in [0.25, 0.3) is 11.2 Å². The van der Waals surface area contributed by atoms with Crippen molar-refractivity contribution in [1.29, 1.82) is 5.26 Å². The van der Waals surface area contributed by atoms with Crippen molar-refractivity contribution in [2.24, 2.45) is 7.05 Å². The summed E-state index contributed by atoms with van der Waals surface area (Å²) in [7, 11) is 10.1. The number of pyridine rings is 6. The molecule has 3 amide bonds. The van der Waals surface area contributed by atoms with Crippen molar-refractivity contribution in [1.82, 2.24) is 84.7 Å². The molecule has 580 valence electrons. The number of hydrogen-bond donors (Lipinski definition) is 9. The van der Waals surface area contributed by atoms with Gasteiger partial charge in [-0.25, -0.2) is 15.0 Å². The summed E-state index contributed by atoms with van der Waals surface area (Å²) in [5, 5.41) is 49.4. The van der Waals surface area contributed by atoms with Crippen LogP contribution in [0.5, 0.6) is 34.5 Å². The highest BCUT2D eigenvalue weighted by Crippen LogP contribution is 2.37. The second-order valence-electron chi connectivity index (χ2n) is 28.6. The van der Waals surface area contributed by atoms with Crippen LogP contribution in [0, 0.1) is 10.7 Å². The number of ether oxygens (including phenoxy) is 6. The van der Waals surface area contributed by atoms with Gasteiger partial charge in [-0.2, -0.15) is 25.5 Å². The molecule has 13 rings (SSSR count). The summed E-state index contributed by atoms with van der Waals surface area (Å²) < 4.78 is 42.2. The van der Waals surface area contributed by atoms with Crippen LogP contribution in [-0.2, 0) is 37.5 Å². The molecular formula is C75H94N24O9S2. The van der Waals surface area contributed by atoms with Crippen LogP contribution in [0.1, 0.15) is 148 Å². The molecule has 3 aliphatic heterocycles. The largest absolute Gasteiger partial charge is 0.456 e. The van der Waals surface area contributed by atoms with Crippen LogP contribution < -0.4 is 62.5 Å². The smallest absolute Gasteiger partial charge is 0.269 e. The van der Waals surface area contributed by atoms with E-state index in [1.165, 1.54) is 30.5 Å². The molecule has 10 N–H and O–H groups in total. The number of aryl methyl sites for hydroxylation is 1. The molecule has 3 saturated heterocycles. The molecule has 3 atom stereocenters. The van der Waals surface area contributed by atoms with Gasteiger partial charge < -0.3 is 81.3 Å². The van der Waals surface area contributed by atoms with Crippen molar-refractivity contribution >= 4 is 98.6 Å². The van der Waals surface area contributed by atoms with Gasteiger partial charge in [-0.15, -0.1) is 0 Å². The number of carbonyl (C=O) groups excluding carboxylic acids is 3. The van der Waals surface area contributed by atoms with Gasteiger partial charge in [0.05, 0.1) is 73.4 Å². The van der Waals surface area contributed by atoms with Crippen molar-refractivity contribution in [2.75, 3.05) is 107 Å². The molecule has 0 unspecified atom stereocenters. The summed E-state index contributed by atoms with van der Waals surface area (Å²) in [5.74, 6) is 5.01. The van der Waals surface area contributed by atoms with Crippen molar-refractivity contribution in [2.45, 2.75) is 121 Å². The van der Waals surface area contributed by atoms with Crippen LogP contribution in [0.4, 0.5) is 40.6 Å². The summed E-state index contributed by atoms with van der Waals surface area (Å²) in [4.78, 5) is 64.9. The standard InChI is InChI=1S/C25H32N8O3S.C25H30N8O3.C13H15N5O2.C12H17N3OS/c1-25(2,3)20-12-21(32-33(20)15-7-9-35-14-15)30-24(37)31-22-18(26-4)11-17(13-29-22)36-16-6-8-28-19(10-16)23(34)27-5;1-25(2,3)20-12-21(31-33(20)15-7-9-35-14-15)29-24-30-22-19(32(24)5)11-17(13-28-22)36-16-6-8-27-18(10-16)23(34)26-4;1-15-10-6-9(7-18-12(10)14)20-8-3-4-17-11(5-8)13(19)16-2;1-12(2,3)10-6-11(17-8-13)14-15(10)9-4-5-16-7-9/h6,8,10-13,15,26H,7,9,14H2,1-5H3,(H,27,34)(H2,29,30,31,32,37);6,8,10-13,15H,7,9,14H2,1-5H3,(H,26,34)(H,28,29,30,31);3-7,15H,1-2H3,(H2,14,18)(H,16,19);6,9H,4-5,7H2,1-3H3/t2*15-;;9-/m00.0/s1. The molecule has 0 radical (unpaired) electrons. The van der Waals surface area contributed by atoms with Crippen LogP contribution >= 0.6 is 24.0 Å². The quantitative estimate of drug-likeness (QED) is 0.0206. The number of amides is 3. The molecule has 13 heterocycles. The fourth-order valence-corrected chi connectivity index (χ4v) is 12.3. The summed E-state index contributed by atoms with van der Waals surface area (Å²) in [5.41, 5.74) is 12.5. The first-order valence-electron chi connectivity index (χ1n) is 35.5. The fourth-order valence-electron chi connectivity index (χ4n) is 11.7. The number of aromatic nitrogens is 14. The number of thiocyanates is 1. The highest BCUT2D eigenvalue weighted by Gasteiger charge is 2.32. The maximum atomic E-state index is 11.9. The van der Waals surface area contributed by atoms with Gasteiger partial charge in [0, 0.05) is 174 Å². The molecule has 110 heavy (non-hydrogen) atoms. The third-order valence-electron chi connectivity index (χ3n) is 17.4. The van der Waals surface area contributed by atoms with E-state index in [4.69, 9.17) is 61.8 Å². The first-order chi connectivity index (χ1) is 52.6. The lowest BCUT2D eigenvalue weighted by atomic mass is 9.91. The minimum atomic E-state index is -0.295. The van der Waals surface area contributed by atoms with Gasteiger partial charge in [-0.05, 0) is 55.7 Å². The Morgan fingerprint density at radius 3 is 1.42 bits per heavy atom. The lowest BCUT2D eigenvalue weighted by molar-refractivity contribution is 0.0950. The van der Waals surface area contributed by atoms with Gasteiger partial charge in [0.15, 0.2) is 28.2 Å². The van der Waals surface area contributed by atoms with Gasteiger partial charge in [0.2, 0.25) is 5.95 Å². The number of nitriles is 1. The van der Waals surface area contributed by atoms with Crippen LogP contribution in [0.2, 0.25) is 0 Å². The molecule has 10 aromatic rings. The Bertz CT molecular complexity index is 4920. The number of imidazole rings is 1. The number of thioether (sulfide) groups is 1. The van der Waals surface area contributed by atoms with E-state index >= 15 is 0 Å². The Hall–Kier alpha value is -11.6. The molecule has 33 nitrogen and oxygen atoms in total. The zero-order valence-corrected chi connectivity index (χ0v) is 65.9. The maximum Gasteiger partial charge on any atom is 0.269 e. The number of nitrogen functional groups attached to an aromatic ring is 1. The van der Waals surface area contributed by atoms with E-state index in [0.29, 0.717) is 99.3 Å². The number of carbonyl (C=O) groups is 3. The van der Waals surface area contributed by atoms with Gasteiger partial charge >= 0.3 is 0 Å². The molecule has 35 heteroatoms. The number of rotatable bonds is 19. The monoisotopic (exact) mass is 1540 g/mol. The number of nitrogens with one attached hydrogen (secondary N) is 8. The Labute approximate surface area is 647 Å². The number of nitrogens with two attached hydrogens (primary N) is 1. The van der Waals surface area contributed by atoms with Crippen LogP contribution in [0.3, 0.4) is 0 Å². The number of nitrogens with zero attached hydrogens (tertiary/aromatic N) is 15. The third-order valence-corrected chi connectivity index (χ3v) is 18.1. The third kappa shape index (κ3) is 20.8. The molecule has 3 fully saturated rings. The first kappa shape index (κ1) is 80.9. The molecule has 0 spiro atoms. The number of fused-ring (bicyclic) bond motifs is 1. The van der Waals surface area contributed by atoms with E-state index in [0.717, 1.165) is 85.2 Å². The zero-order chi connectivity index (χ0) is 79.0. The molecule has 0 aromatic carbocycles. The van der Waals surface area contributed by atoms with E-state index in [2.05, 4.69) is 166 Å². The van der Waals surface area contributed by atoms with Crippen molar-refractivity contribution < 1.29 is 42.8 Å². The predicted octanol–water partition coefficient (Wildman–Crippen LogP) is 11.6. The molecule has 10 aromatic heterocycles. The predicted molar refractivity (Wildman–Crippen MR) is 424 cm³/mol. The lowest BCUT2D eigenvalue weighted by Crippen LogP contribution is -2.22. The van der Waals surface area contributed by atoms with E-state index in [-0.39, 0.29) is 63.1 Å². The topological polar surface area (TPSA) is 401 Å². The molecule has 0 saturated carbocycles. The highest BCUT2D eigenvalue weighted by molar-refractivity contribution is 8.03. The fraction of sp³-hybridized carbons (Fsp3) is 0.400. The Kier molecular flexibility index (Phi) is 26.6. The van der Waals surface area contributed by atoms with E-state index in [1.54, 1.807) is 96.2 Å². The summed E-state index contributed by atoms with van der Waals surface area (Å²) >= 11 is 6.67. The van der Waals surface area contributed by atoms with Gasteiger partial charge in [-0.1, -0.05) is 62.3 Å². The number of hydrogen-bond acceptors (Lipinski definition) is 26. The molecule has 3 aliphatic rings. The summed E-state index contributed by atoms with van der Waals surface area (Å²) in [6.45, 7) is 23.9. The molecule has 0 bridgehead atoms. The molecule has 0 aliphatic carbocycles. The van der Waals surface area contributed by atoms with Gasteiger partial charge in [0.1, 0.15) is 67.8 Å². The normalized spacial score (nSPS) is 15.3. The Morgan fingerprint density at radius 1 is 0.545 bits per heavy atom. The number of thiocarbonyl (C=S) groups is 1. The SMILES string of the molecule is CC(C)(C)c1cc(SC#N)nn1[C@H]1CCOC1.CNC(=O)c1cc(Oc2cnc(N)c(NC)c2)ccn1.CNC(=O)c1cc(Oc2cnc(NC(=S)Nc3cc(C(C)(C)C)n([C@H]4CCOC4)n3)c(NC)c2)ccn1.CNC(=O)c1cc(Oc2cnc3nc(Nc4cc(C(C)(C)C)n([C@H]5CCOC5)n4)n(C)c3c2)ccn1. The van der Waals surface area contributed by atoms with Crippen LogP contribution in [0.15, 0.2) is 115 Å². The van der Waals surface area contributed by atoms with E-state index < -0.39 is 0 Å². The summed E-state index contributed by atoms with van der Waals surface area (Å²) in [6.07, 6.45) is 12.1. The summed E-state index contributed by atoms with van der Waals surface area (Å²) in [6, 6.07) is 21.9. The van der Waals surface area contributed by atoms with E-state index in [1.807, 2.05) is 34.5 Å². The second kappa shape index (κ2) is 36.1. The first-order valence-corrected chi connectivity index (χ1v) is 36.7. The van der Waals surface area contributed by atoms with Crippen molar-refractivity contribution in [3.63, 3.8) is 0 Å². The highest BCUT2D eigenvalue weighted by atomic mass is 32.2. The average molecular weight is 1540 g/mol. The maximum absolute atomic E-state index is 11.9. The van der Waals surface area contributed by atoms with Crippen molar-refractivity contribution in [3.05, 3.63) is 144 Å². The van der Waals surface area contributed by atoms with Gasteiger partial charge in [0.25, 0.3) is 17.7 Å². The Morgan fingerprint density at radius 2 is 0.973 bits per heavy atom. The second-order valence-corrected chi connectivity index (χ2v) is 29.8. The minimum Gasteiger partial charge on any atom is -0.456 e. The van der Waals surface area contributed by atoms with Crippen LogP contribution in [-0.4, -0.2) is 167 Å². The minimum absolute atomic E-state index is 0.0316. The average Bonchev–Trinajstić information content (AvgIpc) is 1.65. The Balaban J connectivity index is 0.000000164. The van der Waals surface area contributed by atoms with E-state index in [9.17, 15) is 14.4 Å². The zero-order valence-electron chi connectivity index (χ0n) is 64.3. The van der Waals surface area contributed by atoms with Gasteiger partial charge in [-0.3, -0.25) is 43.4 Å².